The molecule has 1 unspecified atom stereocenters. The summed E-state index contributed by atoms with van der Waals surface area (Å²) in [4.78, 5) is 4.26. The van der Waals surface area contributed by atoms with E-state index >= 15 is 0 Å². The summed E-state index contributed by atoms with van der Waals surface area (Å²) in [6.45, 7) is 2.26. The summed E-state index contributed by atoms with van der Waals surface area (Å²) in [5.41, 5.74) is 9.00. The molecule has 2 nitrogen and oxygen atoms in total. The van der Waals surface area contributed by atoms with Crippen LogP contribution in [0.25, 0.3) is 0 Å². The molecule has 3 heteroatoms. The molecule has 0 aliphatic heterocycles. The number of hydrogen-bond acceptors (Lipinski definition) is 3. The molecule has 1 atom stereocenters. The first-order valence-electron chi connectivity index (χ1n) is 6.98. The van der Waals surface area contributed by atoms with E-state index in [2.05, 4.69) is 17.3 Å². The lowest BCUT2D eigenvalue weighted by Gasteiger charge is -2.08. The highest BCUT2D eigenvalue weighted by atomic mass is 32.1. The third-order valence-corrected chi connectivity index (χ3v) is 3.80. The molecular formula is C14H26N2S. The number of hydrogen-bond donors (Lipinski definition) is 1. The summed E-state index contributed by atoms with van der Waals surface area (Å²) in [6, 6.07) is 0.154. The topological polar surface area (TPSA) is 38.9 Å². The fourth-order valence-corrected chi connectivity index (χ4v) is 2.67. The van der Waals surface area contributed by atoms with E-state index in [1.54, 1.807) is 11.3 Å². The van der Waals surface area contributed by atoms with E-state index in [9.17, 15) is 0 Å². The van der Waals surface area contributed by atoms with E-state index < -0.39 is 0 Å². The van der Waals surface area contributed by atoms with Gasteiger partial charge in [-0.1, -0.05) is 58.3 Å². The Balaban J connectivity index is 1.90. The average molecular weight is 254 g/mol. The van der Waals surface area contributed by atoms with E-state index in [4.69, 9.17) is 5.73 Å². The SMILES string of the molecule is CCCCCCCCCCC(N)c1cscn1. The van der Waals surface area contributed by atoms with Gasteiger partial charge in [0.2, 0.25) is 0 Å². The van der Waals surface area contributed by atoms with Crippen LogP contribution >= 0.6 is 11.3 Å². The maximum Gasteiger partial charge on any atom is 0.0795 e. The summed E-state index contributed by atoms with van der Waals surface area (Å²) in [7, 11) is 0. The van der Waals surface area contributed by atoms with E-state index in [-0.39, 0.29) is 6.04 Å². The summed E-state index contributed by atoms with van der Waals surface area (Å²) < 4.78 is 0. The van der Waals surface area contributed by atoms with Gasteiger partial charge in [0.25, 0.3) is 0 Å². The zero-order valence-corrected chi connectivity index (χ0v) is 11.8. The molecule has 98 valence electrons. The summed E-state index contributed by atoms with van der Waals surface area (Å²) in [5, 5.41) is 2.06. The second-order valence-electron chi connectivity index (χ2n) is 4.78. The summed E-state index contributed by atoms with van der Waals surface area (Å²) in [6.07, 6.45) is 12.0. The van der Waals surface area contributed by atoms with Crippen molar-refractivity contribution in [1.29, 1.82) is 0 Å². The van der Waals surface area contributed by atoms with E-state index in [0.29, 0.717) is 0 Å². The molecule has 0 spiro atoms. The lowest BCUT2D eigenvalue weighted by Crippen LogP contribution is -2.10. The smallest absolute Gasteiger partial charge is 0.0795 e. The van der Waals surface area contributed by atoms with Gasteiger partial charge in [-0.25, -0.2) is 4.98 Å². The van der Waals surface area contributed by atoms with Crippen molar-refractivity contribution in [2.24, 2.45) is 5.73 Å². The van der Waals surface area contributed by atoms with Crippen LogP contribution in [0.4, 0.5) is 0 Å². The molecule has 0 fully saturated rings. The van der Waals surface area contributed by atoms with Gasteiger partial charge in [0.05, 0.1) is 11.2 Å². The maximum atomic E-state index is 6.06. The first-order valence-corrected chi connectivity index (χ1v) is 7.92. The lowest BCUT2D eigenvalue weighted by atomic mass is 10.0. The lowest BCUT2D eigenvalue weighted by molar-refractivity contribution is 0.532. The molecule has 0 saturated heterocycles. The fourth-order valence-electron chi connectivity index (χ4n) is 2.05. The van der Waals surface area contributed by atoms with Gasteiger partial charge in [0.15, 0.2) is 0 Å². The highest BCUT2D eigenvalue weighted by Gasteiger charge is 2.06. The highest BCUT2D eigenvalue weighted by molar-refractivity contribution is 7.07. The zero-order chi connectivity index (χ0) is 12.3. The molecule has 1 heterocycles. The Hall–Kier alpha value is -0.410. The Kier molecular flexibility index (Phi) is 8.28. The van der Waals surface area contributed by atoms with Crippen LogP contribution in [-0.4, -0.2) is 4.98 Å². The number of thiazole rings is 1. The van der Waals surface area contributed by atoms with Gasteiger partial charge in [0, 0.05) is 11.4 Å². The highest BCUT2D eigenvalue weighted by Crippen LogP contribution is 2.18. The Morgan fingerprint density at radius 2 is 1.76 bits per heavy atom. The van der Waals surface area contributed by atoms with Crippen LogP contribution in [0.5, 0.6) is 0 Å². The van der Waals surface area contributed by atoms with Crippen LogP contribution < -0.4 is 5.73 Å². The Morgan fingerprint density at radius 3 is 2.35 bits per heavy atom. The van der Waals surface area contributed by atoms with Gasteiger partial charge in [-0.05, 0) is 6.42 Å². The van der Waals surface area contributed by atoms with Gasteiger partial charge < -0.3 is 5.73 Å². The zero-order valence-electron chi connectivity index (χ0n) is 11.0. The predicted octanol–water partition coefficient (Wildman–Crippen LogP) is 4.67. The van der Waals surface area contributed by atoms with E-state index in [1.165, 1.54) is 51.4 Å². The third kappa shape index (κ3) is 6.79. The van der Waals surface area contributed by atoms with Crippen molar-refractivity contribution in [3.05, 3.63) is 16.6 Å². The molecule has 0 saturated carbocycles. The van der Waals surface area contributed by atoms with Gasteiger partial charge in [0.1, 0.15) is 0 Å². The second kappa shape index (κ2) is 9.60. The van der Waals surface area contributed by atoms with Crippen LogP contribution in [0.3, 0.4) is 0 Å². The fraction of sp³-hybridized carbons (Fsp3) is 0.786. The average Bonchev–Trinajstić information content (AvgIpc) is 2.86. The van der Waals surface area contributed by atoms with Crippen molar-refractivity contribution in [1.82, 2.24) is 4.98 Å². The van der Waals surface area contributed by atoms with Crippen molar-refractivity contribution in [3.8, 4) is 0 Å². The Bertz CT molecular complexity index is 259. The van der Waals surface area contributed by atoms with Crippen LogP contribution in [0, 0.1) is 0 Å². The van der Waals surface area contributed by atoms with Crippen LogP contribution in [0.1, 0.15) is 76.4 Å². The first-order chi connectivity index (χ1) is 8.34. The molecule has 0 radical (unpaired) electrons. The monoisotopic (exact) mass is 254 g/mol. The van der Waals surface area contributed by atoms with Gasteiger partial charge in [-0.3, -0.25) is 0 Å². The molecule has 0 aliphatic rings. The molecule has 1 aromatic heterocycles. The van der Waals surface area contributed by atoms with Crippen LogP contribution in [-0.2, 0) is 0 Å². The molecule has 17 heavy (non-hydrogen) atoms. The van der Waals surface area contributed by atoms with Gasteiger partial charge in [-0.2, -0.15) is 0 Å². The van der Waals surface area contributed by atoms with E-state index in [0.717, 1.165) is 12.1 Å². The Labute approximate surface area is 110 Å². The normalized spacial score (nSPS) is 12.8. The predicted molar refractivity (Wildman–Crippen MR) is 76.3 cm³/mol. The Morgan fingerprint density at radius 1 is 1.12 bits per heavy atom. The minimum atomic E-state index is 0.154. The largest absolute Gasteiger partial charge is 0.323 e. The molecule has 0 amide bonds. The van der Waals surface area contributed by atoms with Crippen LogP contribution in [0.15, 0.2) is 10.9 Å². The number of nitrogens with zero attached hydrogens (tertiary/aromatic N) is 1. The third-order valence-electron chi connectivity index (χ3n) is 3.20. The molecule has 0 aliphatic carbocycles. The van der Waals surface area contributed by atoms with Crippen molar-refractivity contribution < 1.29 is 0 Å². The van der Waals surface area contributed by atoms with Crippen molar-refractivity contribution in [2.75, 3.05) is 0 Å². The van der Waals surface area contributed by atoms with Crippen molar-refractivity contribution in [3.63, 3.8) is 0 Å². The van der Waals surface area contributed by atoms with Crippen molar-refractivity contribution >= 4 is 11.3 Å². The minimum absolute atomic E-state index is 0.154. The van der Waals surface area contributed by atoms with Gasteiger partial charge in [-0.15, -0.1) is 11.3 Å². The molecular weight excluding hydrogens is 228 g/mol. The van der Waals surface area contributed by atoms with Crippen molar-refractivity contribution in [2.45, 2.75) is 70.8 Å². The molecule has 1 aromatic rings. The molecule has 2 N–H and O–H groups in total. The molecule has 0 aromatic carbocycles. The minimum Gasteiger partial charge on any atom is -0.323 e. The molecule has 1 rings (SSSR count). The first kappa shape index (κ1) is 14.7. The molecule has 0 bridgehead atoms. The second-order valence-corrected chi connectivity index (χ2v) is 5.50. The summed E-state index contributed by atoms with van der Waals surface area (Å²) >= 11 is 1.63. The summed E-state index contributed by atoms with van der Waals surface area (Å²) in [5.74, 6) is 0. The standard InChI is InChI=1S/C14H26N2S/c1-2-3-4-5-6-7-8-9-10-13(15)14-11-17-12-16-14/h11-13H,2-10,15H2,1H3. The number of rotatable bonds is 10. The number of nitrogens with two attached hydrogens (primary N) is 1. The quantitative estimate of drug-likeness (QED) is 0.616. The number of unbranched alkanes of at least 4 members (excludes halogenated alkanes) is 7. The van der Waals surface area contributed by atoms with E-state index in [1.807, 2.05) is 5.51 Å². The van der Waals surface area contributed by atoms with Gasteiger partial charge >= 0.3 is 0 Å². The van der Waals surface area contributed by atoms with Crippen LogP contribution in [0.2, 0.25) is 0 Å². The maximum absolute atomic E-state index is 6.06. The number of aromatic nitrogens is 1.